The number of benzene rings is 1. The third-order valence-electron chi connectivity index (χ3n) is 10.3. The van der Waals surface area contributed by atoms with Crippen LogP contribution in [0.25, 0.3) is 0 Å². The first-order valence-corrected chi connectivity index (χ1v) is 20.1. The van der Waals surface area contributed by atoms with Gasteiger partial charge in [0.25, 0.3) is 0 Å². The molecule has 19 nitrogen and oxygen atoms in total. The third kappa shape index (κ3) is 14.6. The van der Waals surface area contributed by atoms with E-state index in [9.17, 15) is 53.4 Å². The van der Waals surface area contributed by atoms with Crippen molar-refractivity contribution in [3.05, 3.63) is 35.9 Å². The third-order valence-corrected chi connectivity index (χ3v) is 10.3. The molecule has 0 saturated carbocycles. The number of nitrogens with zero attached hydrogens (tertiary/aromatic N) is 2. The predicted molar refractivity (Wildman–Crippen MR) is 213 cm³/mol. The van der Waals surface area contributed by atoms with Gasteiger partial charge in [-0.15, -0.1) is 0 Å². The summed E-state index contributed by atoms with van der Waals surface area (Å²) in [6.45, 7) is 7.57. The van der Waals surface area contributed by atoms with Crippen molar-refractivity contribution < 1.29 is 53.4 Å². The summed E-state index contributed by atoms with van der Waals surface area (Å²) in [4.78, 5) is 120. The summed E-state index contributed by atoms with van der Waals surface area (Å²) in [6, 6.07) is 0.423. The minimum absolute atomic E-state index is 0.0211. The molecule has 0 bridgehead atoms. The first-order chi connectivity index (χ1) is 27.8. The second-order valence-electron chi connectivity index (χ2n) is 16.1. The van der Waals surface area contributed by atoms with Gasteiger partial charge in [0.05, 0.1) is 12.5 Å². The molecule has 0 radical (unpaired) electrons. The van der Waals surface area contributed by atoms with Gasteiger partial charge >= 0.3 is 11.9 Å². The monoisotopic (exact) mass is 828 g/mol. The van der Waals surface area contributed by atoms with Gasteiger partial charge in [-0.25, -0.2) is 4.79 Å². The SMILES string of the molecule is CC(C)C[C@H](NC(=O)[C@@H]1CCCN1C(=O)[C@H](Cc1ccccc1)NC(=O)[C@H](CC(C)C)NC(=O)[C@@H]1CCCN1C(=O)[C@H](CC(=O)O)NC(=O)[C@@H](N)CCC(N)=O)C(=O)O. The van der Waals surface area contributed by atoms with Crippen molar-refractivity contribution in [1.82, 2.24) is 31.1 Å². The van der Waals surface area contributed by atoms with Crippen molar-refractivity contribution in [2.75, 3.05) is 13.1 Å². The van der Waals surface area contributed by atoms with Crippen LogP contribution >= 0.6 is 0 Å². The Labute approximate surface area is 343 Å². The van der Waals surface area contributed by atoms with Crippen molar-refractivity contribution in [2.45, 2.75) is 134 Å². The first kappa shape index (κ1) is 47.8. The van der Waals surface area contributed by atoms with Crippen molar-refractivity contribution in [2.24, 2.45) is 23.3 Å². The van der Waals surface area contributed by atoms with Crippen LogP contribution in [0, 0.1) is 11.8 Å². The van der Waals surface area contributed by atoms with Gasteiger partial charge in [0.2, 0.25) is 41.4 Å². The number of carboxylic acids is 2. The Kier molecular flexibility index (Phi) is 18.2. The minimum Gasteiger partial charge on any atom is -0.481 e. The van der Waals surface area contributed by atoms with Gasteiger partial charge in [-0.3, -0.25) is 38.4 Å². The van der Waals surface area contributed by atoms with E-state index in [2.05, 4.69) is 21.3 Å². The van der Waals surface area contributed by atoms with E-state index in [0.29, 0.717) is 24.8 Å². The first-order valence-electron chi connectivity index (χ1n) is 20.1. The van der Waals surface area contributed by atoms with Crippen LogP contribution in [0.2, 0.25) is 0 Å². The standard InChI is InChI=1S/C40H60N8O11/c1-22(2)18-26(43-36(54)30-12-8-17-48(30)39(57)28(21-33(50)51)44-34(52)25(41)14-15-32(42)49)35(53)45-27(20-24-10-6-5-7-11-24)38(56)47-16-9-13-31(47)37(55)46-29(40(58)59)19-23(3)4/h5-7,10-11,22-23,25-31H,8-9,12-21,41H2,1-4H3,(H2,42,49)(H,43,54)(H,44,52)(H,45,53)(H,46,55)(H,50,51)(H,58,59)/t25-,26-,27-,28-,29-,30-,31-/m0/s1. The number of nitrogens with two attached hydrogens (primary N) is 2. The molecule has 7 amide bonds. The molecule has 7 atom stereocenters. The minimum atomic E-state index is -1.59. The average Bonchev–Trinajstić information content (AvgIpc) is 3.86. The summed E-state index contributed by atoms with van der Waals surface area (Å²) in [5.41, 5.74) is 11.7. The molecule has 0 spiro atoms. The van der Waals surface area contributed by atoms with Crippen LogP contribution in [-0.4, -0.2) is 129 Å². The lowest BCUT2D eigenvalue weighted by Crippen LogP contribution is -2.60. The van der Waals surface area contributed by atoms with Gasteiger partial charge in [0.1, 0.15) is 36.3 Å². The lowest BCUT2D eigenvalue weighted by atomic mass is 10.00. The summed E-state index contributed by atoms with van der Waals surface area (Å²) in [6.07, 6.45) is 0.495. The van der Waals surface area contributed by atoms with Crippen molar-refractivity contribution in [3.8, 4) is 0 Å². The maximum absolute atomic E-state index is 14.3. The van der Waals surface area contributed by atoms with E-state index in [1.165, 1.54) is 4.90 Å². The highest BCUT2D eigenvalue weighted by atomic mass is 16.4. The van der Waals surface area contributed by atoms with Gasteiger partial charge in [-0.05, 0) is 62.3 Å². The van der Waals surface area contributed by atoms with Crippen molar-refractivity contribution >= 4 is 53.3 Å². The highest BCUT2D eigenvalue weighted by Crippen LogP contribution is 2.23. The molecule has 10 N–H and O–H groups in total. The van der Waals surface area contributed by atoms with Crippen LogP contribution in [0.4, 0.5) is 0 Å². The quantitative estimate of drug-likeness (QED) is 0.0727. The van der Waals surface area contributed by atoms with E-state index in [4.69, 9.17) is 11.5 Å². The number of carboxylic acid groups (broad SMARTS) is 2. The van der Waals surface area contributed by atoms with E-state index in [1.54, 1.807) is 30.3 Å². The maximum atomic E-state index is 14.3. The van der Waals surface area contributed by atoms with Gasteiger partial charge in [0.15, 0.2) is 0 Å². The molecule has 0 aromatic heterocycles. The lowest BCUT2D eigenvalue weighted by Gasteiger charge is -2.32. The van der Waals surface area contributed by atoms with E-state index in [0.717, 1.165) is 4.90 Å². The fraction of sp³-hybridized carbons (Fsp3) is 0.625. The van der Waals surface area contributed by atoms with Crippen LogP contribution in [0.1, 0.15) is 91.0 Å². The molecule has 2 aliphatic rings. The summed E-state index contributed by atoms with van der Waals surface area (Å²) >= 11 is 0. The fourth-order valence-electron chi connectivity index (χ4n) is 7.34. The van der Waals surface area contributed by atoms with E-state index >= 15 is 0 Å². The van der Waals surface area contributed by atoms with E-state index in [-0.39, 0.29) is 63.5 Å². The van der Waals surface area contributed by atoms with Gasteiger partial charge in [-0.1, -0.05) is 58.0 Å². The number of amides is 7. The molecule has 19 heteroatoms. The van der Waals surface area contributed by atoms with Crippen LogP contribution in [0.5, 0.6) is 0 Å². The number of hydrogen-bond acceptors (Lipinski definition) is 10. The Morgan fingerprint density at radius 2 is 1.19 bits per heavy atom. The Morgan fingerprint density at radius 3 is 1.68 bits per heavy atom. The smallest absolute Gasteiger partial charge is 0.326 e. The lowest BCUT2D eigenvalue weighted by molar-refractivity contribution is -0.146. The Balaban J connectivity index is 1.83. The summed E-state index contributed by atoms with van der Waals surface area (Å²) in [5, 5.41) is 29.7. The molecule has 3 rings (SSSR count). The number of hydrogen-bond donors (Lipinski definition) is 8. The second-order valence-corrected chi connectivity index (χ2v) is 16.1. The number of nitrogens with one attached hydrogen (secondary N) is 4. The molecule has 1 aromatic rings. The molecular formula is C40H60N8O11. The van der Waals surface area contributed by atoms with Crippen molar-refractivity contribution in [1.29, 1.82) is 0 Å². The van der Waals surface area contributed by atoms with Gasteiger partial charge < -0.3 is 52.7 Å². The van der Waals surface area contributed by atoms with Crippen LogP contribution in [0.3, 0.4) is 0 Å². The molecule has 0 aliphatic carbocycles. The number of carbonyl (C=O) groups excluding carboxylic acids is 7. The Hall–Kier alpha value is -5.59. The largest absolute Gasteiger partial charge is 0.481 e. The number of likely N-dealkylation sites (tertiary alicyclic amines) is 2. The molecule has 2 saturated heterocycles. The van der Waals surface area contributed by atoms with Crippen LogP contribution in [0.15, 0.2) is 30.3 Å². The van der Waals surface area contributed by atoms with Crippen LogP contribution in [-0.2, 0) is 49.6 Å². The molecule has 0 unspecified atom stereocenters. The molecule has 2 fully saturated rings. The topological polar surface area (TPSA) is 301 Å². The van der Waals surface area contributed by atoms with Crippen molar-refractivity contribution in [3.63, 3.8) is 0 Å². The average molecular weight is 829 g/mol. The summed E-state index contributed by atoms with van der Waals surface area (Å²) in [7, 11) is 0. The zero-order valence-corrected chi connectivity index (χ0v) is 34.2. The van der Waals surface area contributed by atoms with Gasteiger partial charge in [0, 0.05) is 25.9 Å². The Morgan fingerprint density at radius 1 is 0.695 bits per heavy atom. The highest BCUT2D eigenvalue weighted by molar-refractivity contribution is 5.98. The van der Waals surface area contributed by atoms with E-state index < -0.39 is 102 Å². The number of aliphatic carboxylic acids is 2. The zero-order valence-electron chi connectivity index (χ0n) is 34.2. The molecule has 1 aromatic carbocycles. The number of primary amides is 1. The number of rotatable bonds is 22. The highest BCUT2D eigenvalue weighted by Gasteiger charge is 2.42. The van der Waals surface area contributed by atoms with Crippen LogP contribution < -0.4 is 32.7 Å². The molecule has 59 heavy (non-hydrogen) atoms. The molecule has 326 valence electrons. The molecular weight excluding hydrogens is 768 g/mol. The van der Waals surface area contributed by atoms with Gasteiger partial charge in [-0.2, -0.15) is 0 Å². The second kappa shape index (κ2) is 22.5. The summed E-state index contributed by atoms with van der Waals surface area (Å²) in [5.74, 6) is -7.73. The fourth-order valence-corrected chi connectivity index (χ4v) is 7.34. The number of carbonyl (C=O) groups is 9. The molecule has 2 aliphatic heterocycles. The molecule has 2 heterocycles. The Bertz CT molecular complexity index is 1690. The van der Waals surface area contributed by atoms with E-state index in [1.807, 2.05) is 27.7 Å². The predicted octanol–water partition coefficient (Wildman–Crippen LogP) is -0.605. The normalized spacial score (nSPS) is 19.0. The summed E-state index contributed by atoms with van der Waals surface area (Å²) < 4.78 is 0. The maximum Gasteiger partial charge on any atom is 0.326 e. The zero-order chi connectivity index (χ0) is 44.0.